The monoisotopic (exact) mass is 221 g/mol. The van der Waals surface area contributed by atoms with Crippen molar-refractivity contribution in [3.05, 3.63) is 24.0 Å². The van der Waals surface area contributed by atoms with E-state index in [-0.39, 0.29) is 0 Å². The first-order valence-electron chi connectivity index (χ1n) is 6.00. The zero-order valence-corrected chi connectivity index (χ0v) is 9.72. The zero-order chi connectivity index (χ0) is 11.2. The molecular formula is C12H19N3O. The van der Waals surface area contributed by atoms with Gasteiger partial charge in [-0.25, -0.2) is 0 Å². The highest BCUT2D eigenvalue weighted by Crippen LogP contribution is 2.16. The predicted molar refractivity (Wildman–Crippen MR) is 61.9 cm³/mol. The van der Waals surface area contributed by atoms with Gasteiger partial charge in [0.2, 0.25) is 0 Å². The first-order chi connectivity index (χ1) is 7.88. The molecule has 1 fully saturated rings. The molecule has 1 aromatic heterocycles. The maximum absolute atomic E-state index is 5.64. The van der Waals surface area contributed by atoms with E-state index >= 15 is 0 Å². The zero-order valence-electron chi connectivity index (χ0n) is 9.72. The van der Waals surface area contributed by atoms with Crippen molar-refractivity contribution in [3.8, 4) is 0 Å². The Morgan fingerprint density at radius 2 is 2.50 bits per heavy atom. The predicted octanol–water partition coefficient (Wildman–Crippen LogP) is 1.52. The third-order valence-corrected chi connectivity index (χ3v) is 3.02. The number of hydrogen-bond donors (Lipinski definition) is 1. The molecule has 2 rings (SSSR count). The first kappa shape index (κ1) is 11.5. The summed E-state index contributed by atoms with van der Waals surface area (Å²) in [5.74, 6) is 0. The fourth-order valence-corrected chi connectivity index (χ4v) is 2.03. The second kappa shape index (κ2) is 5.92. The Bertz CT molecular complexity index is 304. The quantitative estimate of drug-likeness (QED) is 0.837. The molecule has 2 atom stereocenters. The van der Waals surface area contributed by atoms with Crippen molar-refractivity contribution in [2.45, 2.75) is 44.9 Å². The van der Waals surface area contributed by atoms with E-state index in [1.54, 1.807) is 6.20 Å². The molecule has 1 aliphatic heterocycles. The van der Waals surface area contributed by atoms with Gasteiger partial charge in [0.15, 0.2) is 0 Å². The molecule has 1 aromatic rings. The largest absolute Gasteiger partial charge is 0.378 e. The molecule has 0 amide bonds. The number of nitrogens with one attached hydrogen (secondary N) is 1. The normalized spacial score (nSPS) is 25.6. The van der Waals surface area contributed by atoms with Crippen LogP contribution in [0.5, 0.6) is 0 Å². The molecule has 2 heterocycles. The van der Waals surface area contributed by atoms with E-state index in [0.717, 1.165) is 38.1 Å². The molecule has 88 valence electrons. The highest BCUT2D eigenvalue weighted by atomic mass is 16.5. The Labute approximate surface area is 96.4 Å². The standard InChI is InChI=1S/C12H19N3O/c1-2-12-8-10(5-7-16-12)13-9-11-4-3-6-14-15-11/h3-4,6,10,12-13H,2,5,7-9H2,1H3. The molecule has 2 unspecified atom stereocenters. The van der Waals surface area contributed by atoms with Gasteiger partial charge in [-0.05, 0) is 31.4 Å². The summed E-state index contributed by atoms with van der Waals surface area (Å²) in [7, 11) is 0. The minimum absolute atomic E-state index is 0.424. The molecule has 0 aliphatic carbocycles. The lowest BCUT2D eigenvalue weighted by Crippen LogP contribution is -2.38. The fraction of sp³-hybridized carbons (Fsp3) is 0.667. The van der Waals surface area contributed by atoms with Crippen molar-refractivity contribution < 1.29 is 4.74 Å². The molecule has 4 nitrogen and oxygen atoms in total. The van der Waals surface area contributed by atoms with E-state index in [9.17, 15) is 0 Å². The van der Waals surface area contributed by atoms with Gasteiger partial charge in [-0.15, -0.1) is 0 Å². The van der Waals surface area contributed by atoms with Crippen LogP contribution in [0.4, 0.5) is 0 Å². The molecular weight excluding hydrogens is 202 g/mol. The SMILES string of the molecule is CCC1CC(NCc2cccnn2)CCO1. The van der Waals surface area contributed by atoms with Crippen LogP contribution < -0.4 is 5.32 Å². The van der Waals surface area contributed by atoms with Gasteiger partial charge < -0.3 is 10.1 Å². The lowest BCUT2D eigenvalue weighted by atomic mass is 10.0. The molecule has 1 aliphatic rings. The van der Waals surface area contributed by atoms with Crippen LogP contribution in [0.15, 0.2) is 18.3 Å². The first-order valence-corrected chi connectivity index (χ1v) is 6.00. The topological polar surface area (TPSA) is 47.0 Å². The molecule has 0 aromatic carbocycles. The maximum Gasteiger partial charge on any atom is 0.0769 e. The number of aromatic nitrogens is 2. The number of rotatable bonds is 4. The summed E-state index contributed by atoms with van der Waals surface area (Å²) in [6.07, 6.45) is 5.43. The lowest BCUT2D eigenvalue weighted by molar-refractivity contribution is -0.000378. The lowest BCUT2D eigenvalue weighted by Gasteiger charge is -2.29. The minimum atomic E-state index is 0.424. The van der Waals surface area contributed by atoms with Gasteiger partial charge in [-0.1, -0.05) is 6.92 Å². The van der Waals surface area contributed by atoms with Crippen molar-refractivity contribution in [2.75, 3.05) is 6.61 Å². The molecule has 0 spiro atoms. The van der Waals surface area contributed by atoms with Crippen LogP contribution in [-0.4, -0.2) is 29.0 Å². The van der Waals surface area contributed by atoms with Crippen LogP contribution in [0, 0.1) is 0 Å². The van der Waals surface area contributed by atoms with Crippen molar-refractivity contribution in [1.29, 1.82) is 0 Å². The molecule has 0 bridgehead atoms. The Kier molecular flexibility index (Phi) is 4.25. The van der Waals surface area contributed by atoms with Crippen LogP contribution in [0.3, 0.4) is 0 Å². The molecule has 0 saturated carbocycles. The molecule has 1 saturated heterocycles. The third-order valence-electron chi connectivity index (χ3n) is 3.02. The highest BCUT2D eigenvalue weighted by molar-refractivity contribution is 4.98. The van der Waals surface area contributed by atoms with Crippen molar-refractivity contribution in [1.82, 2.24) is 15.5 Å². The average Bonchev–Trinajstić information content (AvgIpc) is 2.38. The smallest absolute Gasteiger partial charge is 0.0769 e. The molecule has 0 radical (unpaired) electrons. The Morgan fingerprint density at radius 1 is 1.56 bits per heavy atom. The van der Waals surface area contributed by atoms with E-state index in [4.69, 9.17) is 4.74 Å². The van der Waals surface area contributed by atoms with Gasteiger partial charge in [0.1, 0.15) is 0 Å². The summed E-state index contributed by atoms with van der Waals surface area (Å²) in [4.78, 5) is 0. The van der Waals surface area contributed by atoms with E-state index < -0.39 is 0 Å². The maximum atomic E-state index is 5.64. The average molecular weight is 221 g/mol. The number of nitrogens with zero attached hydrogens (tertiary/aromatic N) is 2. The van der Waals surface area contributed by atoms with Crippen molar-refractivity contribution in [3.63, 3.8) is 0 Å². The van der Waals surface area contributed by atoms with Crippen LogP contribution in [0.1, 0.15) is 31.9 Å². The summed E-state index contributed by atoms with van der Waals surface area (Å²) in [5.41, 5.74) is 1.00. The highest BCUT2D eigenvalue weighted by Gasteiger charge is 2.20. The Morgan fingerprint density at radius 3 is 3.25 bits per heavy atom. The summed E-state index contributed by atoms with van der Waals surface area (Å²) in [6, 6.07) is 4.47. The summed E-state index contributed by atoms with van der Waals surface area (Å²) in [5, 5.41) is 11.4. The van der Waals surface area contributed by atoms with Gasteiger partial charge >= 0.3 is 0 Å². The van der Waals surface area contributed by atoms with Crippen LogP contribution in [-0.2, 0) is 11.3 Å². The second-order valence-corrected chi connectivity index (χ2v) is 4.22. The van der Waals surface area contributed by atoms with E-state index in [2.05, 4.69) is 22.4 Å². The van der Waals surface area contributed by atoms with Crippen molar-refractivity contribution in [2.24, 2.45) is 0 Å². The number of hydrogen-bond acceptors (Lipinski definition) is 4. The molecule has 4 heteroatoms. The van der Waals surface area contributed by atoms with Gasteiger partial charge in [-0.3, -0.25) is 0 Å². The van der Waals surface area contributed by atoms with E-state index in [1.807, 2.05) is 12.1 Å². The summed E-state index contributed by atoms with van der Waals surface area (Å²) >= 11 is 0. The summed E-state index contributed by atoms with van der Waals surface area (Å²) < 4.78 is 5.64. The third kappa shape index (κ3) is 3.25. The molecule has 16 heavy (non-hydrogen) atoms. The molecule has 1 N–H and O–H groups in total. The fourth-order valence-electron chi connectivity index (χ4n) is 2.03. The van der Waals surface area contributed by atoms with E-state index in [1.165, 1.54) is 0 Å². The minimum Gasteiger partial charge on any atom is -0.378 e. The van der Waals surface area contributed by atoms with Gasteiger partial charge in [-0.2, -0.15) is 10.2 Å². The van der Waals surface area contributed by atoms with E-state index in [0.29, 0.717) is 12.1 Å². The second-order valence-electron chi connectivity index (χ2n) is 4.22. The Balaban J connectivity index is 1.77. The Hall–Kier alpha value is -1.00. The van der Waals surface area contributed by atoms with Gasteiger partial charge in [0.05, 0.1) is 11.8 Å². The van der Waals surface area contributed by atoms with Gasteiger partial charge in [0.25, 0.3) is 0 Å². The van der Waals surface area contributed by atoms with Crippen molar-refractivity contribution >= 4 is 0 Å². The van der Waals surface area contributed by atoms with Crippen LogP contribution in [0.2, 0.25) is 0 Å². The van der Waals surface area contributed by atoms with Gasteiger partial charge in [0, 0.05) is 25.4 Å². The van der Waals surface area contributed by atoms with Crippen LogP contribution >= 0.6 is 0 Å². The number of ether oxygens (including phenoxy) is 1. The van der Waals surface area contributed by atoms with Crippen LogP contribution in [0.25, 0.3) is 0 Å². The summed E-state index contributed by atoms with van der Waals surface area (Å²) in [6.45, 7) is 3.85.